The monoisotopic (exact) mass is 195 g/mol. The Labute approximate surface area is 80.6 Å². The lowest BCUT2D eigenvalue weighted by molar-refractivity contribution is 0.0532. The highest BCUT2D eigenvalue weighted by atomic mass is 32.1. The van der Waals surface area contributed by atoms with E-state index in [9.17, 15) is 4.79 Å². The highest BCUT2D eigenvalue weighted by Gasteiger charge is 2.09. The summed E-state index contributed by atoms with van der Waals surface area (Å²) in [6.07, 6.45) is 0.351. The maximum absolute atomic E-state index is 11.2. The first-order valence-corrected chi connectivity index (χ1v) is 4.72. The second-order valence-corrected chi connectivity index (χ2v) is 3.49. The van der Waals surface area contributed by atoms with Crippen molar-refractivity contribution in [2.24, 2.45) is 0 Å². The van der Waals surface area contributed by atoms with Crippen molar-refractivity contribution in [2.45, 2.75) is 13.3 Å². The summed E-state index contributed by atoms with van der Waals surface area (Å²) in [4.78, 5) is 12.6. The molecule has 0 unspecified atom stereocenters. The third kappa shape index (κ3) is 2.56. The molecule has 3 nitrogen and oxygen atoms in total. The van der Waals surface area contributed by atoms with E-state index in [2.05, 4.69) is 0 Å². The van der Waals surface area contributed by atoms with Crippen molar-refractivity contribution in [3.63, 3.8) is 0 Å². The predicted molar refractivity (Wildman–Crippen MR) is 49.6 cm³/mol. The van der Waals surface area contributed by atoms with Crippen LogP contribution in [0.1, 0.15) is 21.5 Å². The van der Waals surface area contributed by atoms with Crippen molar-refractivity contribution in [1.29, 1.82) is 5.26 Å². The van der Waals surface area contributed by atoms with Gasteiger partial charge in [0.2, 0.25) is 0 Å². The van der Waals surface area contributed by atoms with Crippen molar-refractivity contribution in [3.05, 3.63) is 21.9 Å². The largest absolute Gasteiger partial charge is 0.462 e. The zero-order valence-electron chi connectivity index (χ0n) is 7.24. The lowest BCUT2D eigenvalue weighted by atomic mass is 10.3. The van der Waals surface area contributed by atoms with Gasteiger partial charge in [-0.3, -0.25) is 0 Å². The maximum Gasteiger partial charge on any atom is 0.348 e. The van der Waals surface area contributed by atoms with Crippen molar-refractivity contribution in [1.82, 2.24) is 0 Å². The number of esters is 1. The molecule has 0 aliphatic carbocycles. The Morgan fingerprint density at radius 1 is 1.69 bits per heavy atom. The van der Waals surface area contributed by atoms with Gasteiger partial charge in [0.1, 0.15) is 4.88 Å². The summed E-state index contributed by atoms with van der Waals surface area (Å²) < 4.78 is 4.81. The number of hydrogen-bond donors (Lipinski definition) is 0. The summed E-state index contributed by atoms with van der Waals surface area (Å²) in [6.45, 7) is 2.14. The molecule has 13 heavy (non-hydrogen) atoms. The number of hydrogen-bond acceptors (Lipinski definition) is 4. The van der Waals surface area contributed by atoms with Crippen LogP contribution in [0.25, 0.3) is 0 Å². The van der Waals surface area contributed by atoms with Crippen LogP contribution in [0.2, 0.25) is 0 Å². The van der Waals surface area contributed by atoms with Crippen LogP contribution < -0.4 is 0 Å². The highest BCUT2D eigenvalue weighted by Crippen LogP contribution is 2.17. The van der Waals surface area contributed by atoms with Crippen LogP contribution in [0.15, 0.2) is 12.1 Å². The van der Waals surface area contributed by atoms with E-state index in [1.807, 2.05) is 6.07 Å². The Morgan fingerprint density at radius 3 is 3.08 bits per heavy atom. The van der Waals surface area contributed by atoms with Crippen LogP contribution in [0.4, 0.5) is 0 Å². The minimum Gasteiger partial charge on any atom is -0.462 e. The minimum absolute atomic E-state index is 0.309. The van der Waals surface area contributed by atoms with E-state index in [4.69, 9.17) is 10.00 Å². The number of thiophene rings is 1. The molecule has 4 heteroatoms. The average Bonchev–Trinajstić information content (AvgIpc) is 2.54. The molecule has 1 heterocycles. The van der Waals surface area contributed by atoms with Gasteiger partial charge in [-0.1, -0.05) is 0 Å². The smallest absolute Gasteiger partial charge is 0.348 e. The van der Waals surface area contributed by atoms with Crippen LogP contribution >= 0.6 is 11.3 Å². The van der Waals surface area contributed by atoms with Crippen molar-refractivity contribution in [3.8, 4) is 6.07 Å². The van der Waals surface area contributed by atoms with Gasteiger partial charge in [-0.05, 0) is 19.1 Å². The Morgan fingerprint density at radius 2 is 2.46 bits per heavy atom. The molecule has 0 aliphatic heterocycles. The molecule has 0 bridgehead atoms. The van der Waals surface area contributed by atoms with Gasteiger partial charge in [0, 0.05) is 4.88 Å². The lowest BCUT2D eigenvalue weighted by Crippen LogP contribution is -2.01. The van der Waals surface area contributed by atoms with Gasteiger partial charge in [0.05, 0.1) is 19.1 Å². The molecular formula is C9H9NO2S. The summed E-state index contributed by atoms with van der Waals surface area (Å²) in [7, 11) is 0. The first-order valence-electron chi connectivity index (χ1n) is 3.90. The molecule has 0 saturated heterocycles. The van der Waals surface area contributed by atoms with Gasteiger partial charge in [-0.25, -0.2) is 4.79 Å². The van der Waals surface area contributed by atoms with Gasteiger partial charge in [0.25, 0.3) is 0 Å². The zero-order chi connectivity index (χ0) is 9.68. The summed E-state index contributed by atoms with van der Waals surface area (Å²) in [5.41, 5.74) is 0. The van der Waals surface area contributed by atoms with Gasteiger partial charge in [0.15, 0.2) is 0 Å². The fourth-order valence-corrected chi connectivity index (χ4v) is 1.70. The summed E-state index contributed by atoms with van der Waals surface area (Å²) >= 11 is 1.31. The Bertz CT molecular complexity index is 338. The SMILES string of the molecule is CCOC(=O)c1ccc(CC#N)s1. The van der Waals surface area contributed by atoms with E-state index in [1.165, 1.54) is 11.3 Å². The van der Waals surface area contributed by atoms with E-state index in [0.29, 0.717) is 17.9 Å². The van der Waals surface area contributed by atoms with E-state index in [-0.39, 0.29) is 5.97 Å². The second-order valence-electron chi connectivity index (χ2n) is 2.32. The topological polar surface area (TPSA) is 50.1 Å². The molecule has 1 aromatic heterocycles. The number of carbonyl (C=O) groups is 1. The maximum atomic E-state index is 11.2. The van der Waals surface area contributed by atoms with E-state index < -0.39 is 0 Å². The number of rotatable bonds is 3. The molecular weight excluding hydrogens is 186 g/mol. The van der Waals surface area contributed by atoms with E-state index >= 15 is 0 Å². The molecule has 0 saturated carbocycles. The molecule has 0 atom stereocenters. The van der Waals surface area contributed by atoms with Crippen LogP contribution in [0, 0.1) is 11.3 Å². The van der Waals surface area contributed by atoms with Crippen molar-refractivity contribution in [2.75, 3.05) is 6.61 Å². The first-order chi connectivity index (χ1) is 6.27. The quantitative estimate of drug-likeness (QED) is 0.693. The fourth-order valence-electron chi connectivity index (χ4n) is 0.863. The van der Waals surface area contributed by atoms with Crippen LogP contribution in [-0.4, -0.2) is 12.6 Å². The molecule has 0 spiro atoms. The van der Waals surface area contributed by atoms with E-state index in [1.54, 1.807) is 19.1 Å². The Hall–Kier alpha value is -1.34. The van der Waals surface area contributed by atoms with Crippen molar-refractivity contribution >= 4 is 17.3 Å². The molecule has 0 fully saturated rings. The average molecular weight is 195 g/mol. The fraction of sp³-hybridized carbons (Fsp3) is 0.333. The molecule has 0 N–H and O–H groups in total. The van der Waals surface area contributed by atoms with Crippen LogP contribution in [0.3, 0.4) is 0 Å². The minimum atomic E-state index is -0.309. The third-order valence-corrected chi connectivity index (χ3v) is 2.46. The van der Waals surface area contributed by atoms with E-state index in [0.717, 1.165) is 4.88 Å². The molecule has 0 aromatic carbocycles. The van der Waals surface area contributed by atoms with Gasteiger partial charge in [-0.2, -0.15) is 5.26 Å². The molecule has 1 rings (SSSR count). The summed E-state index contributed by atoms with van der Waals surface area (Å²) in [5, 5.41) is 8.41. The number of carbonyl (C=O) groups excluding carboxylic acids is 1. The molecule has 0 radical (unpaired) electrons. The zero-order valence-corrected chi connectivity index (χ0v) is 8.06. The molecule has 0 aliphatic rings. The normalized spacial score (nSPS) is 9.23. The van der Waals surface area contributed by atoms with Gasteiger partial charge < -0.3 is 4.74 Å². The summed E-state index contributed by atoms with van der Waals surface area (Å²) in [6, 6.07) is 5.49. The summed E-state index contributed by atoms with van der Waals surface area (Å²) in [5.74, 6) is -0.309. The number of nitriles is 1. The number of ether oxygens (including phenoxy) is 1. The standard InChI is InChI=1S/C9H9NO2S/c1-2-12-9(11)8-4-3-7(13-8)5-6-10/h3-4H,2,5H2,1H3. The van der Waals surface area contributed by atoms with Crippen molar-refractivity contribution < 1.29 is 9.53 Å². The lowest BCUT2D eigenvalue weighted by Gasteiger charge is -1.96. The highest BCUT2D eigenvalue weighted by molar-refractivity contribution is 7.13. The molecule has 0 amide bonds. The predicted octanol–water partition coefficient (Wildman–Crippen LogP) is 1.99. The van der Waals surface area contributed by atoms with Crippen LogP contribution in [0.5, 0.6) is 0 Å². The van der Waals surface area contributed by atoms with Gasteiger partial charge in [-0.15, -0.1) is 11.3 Å². The Kier molecular flexibility index (Phi) is 3.47. The van der Waals surface area contributed by atoms with Crippen LogP contribution in [-0.2, 0) is 11.2 Å². The second kappa shape index (κ2) is 4.63. The molecule has 1 aromatic rings. The first kappa shape index (κ1) is 9.75. The third-order valence-electron chi connectivity index (χ3n) is 1.39. The Balaban J connectivity index is 2.69. The molecule has 68 valence electrons. The number of nitrogens with zero attached hydrogens (tertiary/aromatic N) is 1. The van der Waals surface area contributed by atoms with Gasteiger partial charge >= 0.3 is 5.97 Å².